The van der Waals surface area contributed by atoms with Gasteiger partial charge < -0.3 is 0 Å². The zero-order chi connectivity index (χ0) is 23.7. The van der Waals surface area contributed by atoms with Gasteiger partial charge in [-0.2, -0.15) is 0 Å². The molecule has 0 spiro atoms. The molecule has 5 aromatic rings. The van der Waals surface area contributed by atoms with Gasteiger partial charge in [-0.3, -0.25) is 19.4 Å². The van der Waals surface area contributed by atoms with Crippen LogP contribution in [-0.4, -0.2) is 19.1 Å². The van der Waals surface area contributed by atoms with E-state index < -0.39 is 0 Å². The minimum absolute atomic E-state index is 0.129. The monoisotopic (exact) mass is 450 g/mol. The third-order valence-corrected chi connectivity index (χ3v) is 5.72. The molecule has 0 bridgehead atoms. The number of aromatic amines is 1. The number of hydrogen-bond donors (Lipinski definition) is 1. The maximum absolute atomic E-state index is 13.3. The summed E-state index contributed by atoms with van der Waals surface area (Å²) in [5.74, 6) is 0. The van der Waals surface area contributed by atoms with Crippen molar-refractivity contribution in [3.63, 3.8) is 0 Å². The number of azo groups is 1. The molecule has 8 heteroatoms. The zero-order valence-corrected chi connectivity index (χ0v) is 18.7. The fourth-order valence-electron chi connectivity index (χ4n) is 3.86. The van der Waals surface area contributed by atoms with Crippen molar-refractivity contribution >= 4 is 11.4 Å². The third kappa shape index (κ3) is 3.61. The number of H-pyrrole nitrogens is 1. The molecule has 5 rings (SSSR count). The van der Waals surface area contributed by atoms with Crippen LogP contribution in [0.15, 0.2) is 111 Å². The average molecular weight is 451 g/mol. The molecular weight excluding hydrogens is 428 g/mol. The summed E-state index contributed by atoms with van der Waals surface area (Å²) in [6.07, 6.45) is 0. The highest BCUT2D eigenvalue weighted by Gasteiger charge is 2.19. The lowest BCUT2D eigenvalue weighted by Crippen LogP contribution is -2.19. The van der Waals surface area contributed by atoms with Gasteiger partial charge in [0.15, 0.2) is 11.4 Å². The Balaban J connectivity index is 1.66. The number of nitrogens with one attached hydrogen (secondary N) is 1. The molecule has 0 fully saturated rings. The Morgan fingerprint density at radius 1 is 0.676 bits per heavy atom. The molecular formula is C26H22N6O2. The number of rotatable bonds is 5. The van der Waals surface area contributed by atoms with Crippen LogP contribution < -0.4 is 11.1 Å². The first-order chi connectivity index (χ1) is 16.6. The second-order valence-corrected chi connectivity index (χ2v) is 7.79. The molecule has 0 unspecified atom stereocenters. The number of hydrogen-bond acceptors (Lipinski definition) is 4. The summed E-state index contributed by atoms with van der Waals surface area (Å²) in [4.78, 5) is 26.5. The normalized spacial score (nSPS) is 11.4. The fourth-order valence-corrected chi connectivity index (χ4v) is 3.86. The first-order valence-electron chi connectivity index (χ1n) is 10.8. The molecule has 0 radical (unpaired) electrons. The van der Waals surface area contributed by atoms with Gasteiger partial charge in [-0.1, -0.05) is 66.7 Å². The summed E-state index contributed by atoms with van der Waals surface area (Å²) in [6.45, 7) is 1.80. The molecule has 0 saturated heterocycles. The van der Waals surface area contributed by atoms with Gasteiger partial charge in [0.2, 0.25) is 0 Å². The summed E-state index contributed by atoms with van der Waals surface area (Å²) in [6, 6.07) is 28.0. The molecule has 0 saturated carbocycles. The van der Waals surface area contributed by atoms with E-state index in [0.29, 0.717) is 17.1 Å². The molecule has 0 aliphatic heterocycles. The summed E-state index contributed by atoms with van der Waals surface area (Å²) in [5, 5.41) is 11.7. The van der Waals surface area contributed by atoms with Crippen LogP contribution in [0.1, 0.15) is 5.69 Å². The van der Waals surface area contributed by atoms with Crippen molar-refractivity contribution in [3.8, 4) is 22.6 Å². The van der Waals surface area contributed by atoms with E-state index in [4.69, 9.17) is 0 Å². The maximum Gasteiger partial charge on any atom is 0.299 e. The standard InChI is InChI=1S/C26H22N6O2/c1-18-22(26(34)32(30(18)2)21-16-10-5-11-17-21)27-28-24-23(19-12-6-3-7-13-19)29-31(25(24)33)20-14-8-4-9-15-20/h3-17,29H,1-2H3. The fraction of sp³-hybridized carbons (Fsp3) is 0.0769. The Bertz CT molecular complexity index is 1590. The topological polar surface area (TPSA) is 89.4 Å². The van der Waals surface area contributed by atoms with Gasteiger partial charge >= 0.3 is 0 Å². The Morgan fingerprint density at radius 3 is 1.82 bits per heavy atom. The van der Waals surface area contributed by atoms with E-state index in [2.05, 4.69) is 15.3 Å². The quantitative estimate of drug-likeness (QED) is 0.380. The molecule has 0 amide bonds. The van der Waals surface area contributed by atoms with Crippen LogP contribution in [0, 0.1) is 6.92 Å². The van der Waals surface area contributed by atoms with Crippen LogP contribution in [0.3, 0.4) is 0 Å². The zero-order valence-electron chi connectivity index (χ0n) is 18.7. The summed E-state index contributed by atoms with van der Waals surface area (Å²) in [5.41, 5.74) is 2.98. The molecule has 1 N–H and O–H groups in total. The van der Waals surface area contributed by atoms with Gasteiger partial charge in [-0.25, -0.2) is 9.36 Å². The Hall–Kier alpha value is -4.72. The number of aromatic nitrogens is 4. The Morgan fingerprint density at radius 2 is 1.21 bits per heavy atom. The SMILES string of the molecule is Cc1c(N=Nc2c(-c3ccccc3)[nH]n(-c3ccccc3)c2=O)c(=O)n(-c2ccccc2)n1C. The first kappa shape index (κ1) is 21.1. The first-order valence-corrected chi connectivity index (χ1v) is 10.8. The van der Waals surface area contributed by atoms with Crippen LogP contribution in [-0.2, 0) is 7.05 Å². The molecule has 2 aromatic heterocycles. The van der Waals surface area contributed by atoms with Crippen LogP contribution in [0.4, 0.5) is 11.4 Å². The van der Waals surface area contributed by atoms with Crippen LogP contribution in [0.5, 0.6) is 0 Å². The number of para-hydroxylation sites is 2. The third-order valence-electron chi connectivity index (χ3n) is 5.72. The smallest absolute Gasteiger partial charge is 0.288 e. The van der Waals surface area contributed by atoms with Crippen LogP contribution >= 0.6 is 0 Å². The molecule has 34 heavy (non-hydrogen) atoms. The van der Waals surface area contributed by atoms with E-state index in [9.17, 15) is 9.59 Å². The minimum Gasteiger partial charge on any atom is -0.288 e. The van der Waals surface area contributed by atoms with E-state index >= 15 is 0 Å². The van der Waals surface area contributed by atoms with Gasteiger partial charge in [0.1, 0.15) is 0 Å². The molecule has 0 aliphatic carbocycles. The molecule has 8 nitrogen and oxygen atoms in total. The molecule has 0 atom stereocenters. The predicted molar refractivity (Wildman–Crippen MR) is 132 cm³/mol. The average Bonchev–Trinajstić information content (AvgIpc) is 3.32. The van der Waals surface area contributed by atoms with E-state index in [-0.39, 0.29) is 22.5 Å². The van der Waals surface area contributed by atoms with Crippen LogP contribution in [0.2, 0.25) is 0 Å². The second-order valence-electron chi connectivity index (χ2n) is 7.79. The highest BCUT2D eigenvalue weighted by Crippen LogP contribution is 2.28. The molecule has 2 heterocycles. The van der Waals surface area contributed by atoms with Crippen molar-refractivity contribution in [2.75, 3.05) is 0 Å². The van der Waals surface area contributed by atoms with E-state index in [1.54, 1.807) is 18.7 Å². The molecule has 3 aromatic carbocycles. The molecule has 0 aliphatic rings. The summed E-state index contributed by atoms with van der Waals surface area (Å²) < 4.78 is 4.68. The van der Waals surface area contributed by atoms with Crippen molar-refractivity contribution in [1.29, 1.82) is 0 Å². The van der Waals surface area contributed by atoms with E-state index in [1.165, 1.54) is 9.36 Å². The second kappa shape index (κ2) is 8.67. The van der Waals surface area contributed by atoms with Gasteiger partial charge in [0.05, 0.1) is 22.8 Å². The number of nitrogens with zero attached hydrogens (tertiary/aromatic N) is 5. The van der Waals surface area contributed by atoms with Crippen molar-refractivity contribution in [1.82, 2.24) is 19.1 Å². The lowest BCUT2D eigenvalue weighted by molar-refractivity contribution is 0.630. The summed E-state index contributed by atoms with van der Waals surface area (Å²) >= 11 is 0. The minimum atomic E-state index is -0.356. The van der Waals surface area contributed by atoms with Crippen molar-refractivity contribution < 1.29 is 0 Å². The Labute approximate surface area is 195 Å². The van der Waals surface area contributed by atoms with Gasteiger partial charge in [0.25, 0.3) is 11.1 Å². The van der Waals surface area contributed by atoms with Gasteiger partial charge in [-0.15, -0.1) is 10.2 Å². The molecule has 168 valence electrons. The van der Waals surface area contributed by atoms with Gasteiger partial charge in [-0.05, 0) is 31.2 Å². The lowest BCUT2D eigenvalue weighted by Gasteiger charge is -2.07. The van der Waals surface area contributed by atoms with Crippen molar-refractivity contribution in [2.24, 2.45) is 17.3 Å². The predicted octanol–water partition coefficient (Wildman–Crippen LogP) is 5.05. The maximum atomic E-state index is 13.3. The van der Waals surface area contributed by atoms with Crippen molar-refractivity contribution in [3.05, 3.63) is 117 Å². The largest absolute Gasteiger partial charge is 0.299 e. The van der Waals surface area contributed by atoms with E-state index in [0.717, 1.165) is 11.3 Å². The van der Waals surface area contributed by atoms with Gasteiger partial charge in [0, 0.05) is 12.6 Å². The summed E-state index contributed by atoms with van der Waals surface area (Å²) in [7, 11) is 1.79. The highest BCUT2D eigenvalue weighted by molar-refractivity contribution is 5.71. The number of benzene rings is 3. The van der Waals surface area contributed by atoms with E-state index in [1.807, 2.05) is 91.0 Å². The lowest BCUT2D eigenvalue weighted by atomic mass is 10.1. The van der Waals surface area contributed by atoms with Crippen LogP contribution in [0.25, 0.3) is 22.6 Å². The van der Waals surface area contributed by atoms with Crippen molar-refractivity contribution in [2.45, 2.75) is 6.92 Å². The highest BCUT2D eigenvalue weighted by atomic mass is 16.1. The Kier molecular flexibility index (Phi) is 5.39.